The monoisotopic (exact) mass is 343 g/mol. The van der Waals surface area contributed by atoms with Gasteiger partial charge in [0.25, 0.3) is 0 Å². The zero-order valence-corrected chi connectivity index (χ0v) is 15.7. The van der Waals surface area contributed by atoms with Crippen LogP contribution in [0.5, 0.6) is 0 Å². The third kappa shape index (κ3) is 5.23. The maximum absolute atomic E-state index is 3.64. The molecule has 2 aromatic carbocycles. The lowest BCUT2D eigenvalue weighted by Crippen LogP contribution is -2.16. The van der Waals surface area contributed by atoms with Crippen LogP contribution in [0.15, 0.2) is 96.2 Å². The Morgan fingerprint density at radius 3 is 2.46 bits per heavy atom. The van der Waals surface area contributed by atoms with Crippen molar-refractivity contribution in [2.45, 2.75) is 45.1 Å². The third-order valence-corrected chi connectivity index (χ3v) is 4.91. The number of rotatable bonds is 8. The van der Waals surface area contributed by atoms with E-state index in [4.69, 9.17) is 0 Å². The van der Waals surface area contributed by atoms with Crippen molar-refractivity contribution < 1.29 is 0 Å². The quantitative estimate of drug-likeness (QED) is 0.575. The number of hydrogen-bond acceptors (Lipinski definition) is 1. The van der Waals surface area contributed by atoms with Crippen molar-refractivity contribution in [3.8, 4) is 0 Å². The molecule has 1 heteroatoms. The van der Waals surface area contributed by atoms with Crippen LogP contribution in [0.1, 0.15) is 49.7 Å². The summed E-state index contributed by atoms with van der Waals surface area (Å²) < 4.78 is 0. The molecule has 1 aliphatic rings. The van der Waals surface area contributed by atoms with E-state index in [0.717, 1.165) is 13.0 Å². The minimum atomic E-state index is 0.486. The van der Waals surface area contributed by atoms with Crippen LogP contribution < -0.4 is 5.32 Å². The van der Waals surface area contributed by atoms with E-state index in [0.29, 0.717) is 5.92 Å². The van der Waals surface area contributed by atoms with Crippen molar-refractivity contribution in [2.75, 3.05) is 0 Å². The van der Waals surface area contributed by atoms with Gasteiger partial charge in [-0.2, -0.15) is 0 Å². The summed E-state index contributed by atoms with van der Waals surface area (Å²) in [5.74, 6) is 0.486. The van der Waals surface area contributed by atoms with Crippen LogP contribution in [0.3, 0.4) is 0 Å². The zero-order valence-electron chi connectivity index (χ0n) is 15.7. The molecule has 1 nitrogen and oxygen atoms in total. The maximum atomic E-state index is 3.64. The van der Waals surface area contributed by atoms with E-state index in [2.05, 4.69) is 97.2 Å². The lowest BCUT2D eigenvalue weighted by molar-refractivity contribution is 0.659. The third-order valence-electron chi connectivity index (χ3n) is 4.91. The zero-order chi connectivity index (χ0) is 18.0. The molecule has 2 aromatic rings. The lowest BCUT2D eigenvalue weighted by atomic mass is 9.89. The normalized spacial score (nSPS) is 16.3. The molecule has 0 radical (unpaired) electrons. The van der Waals surface area contributed by atoms with Crippen molar-refractivity contribution in [1.82, 2.24) is 5.32 Å². The van der Waals surface area contributed by atoms with Gasteiger partial charge in [0.2, 0.25) is 0 Å². The summed E-state index contributed by atoms with van der Waals surface area (Å²) in [5, 5.41) is 3.64. The highest BCUT2D eigenvalue weighted by molar-refractivity contribution is 5.41. The van der Waals surface area contributed by atoms with Crippen LogP contribution in [0.25, 0.3) is 0 Å². The van der Waals surface area contributed by atoms with E-state index in [-0.39, 0.29) is 0 Å². The predicted molar refractivity (Wildman–Crippen MR) is 112 cm³/mol. The van der Waals surface area contributed by atoms with Crippen molar-refractivity contribution in [3.05, 3.63) is 107 Å². The second kappa shape index (κ2) is 9.82. The summed E-state index contributed by atoms with van der Waals surface area (Å²) in [6, 6.07) is 21.5. The van der Waals surface area contributed by atoms with E-state index in [1.54, 1.807) is 0 Å². The summed E-state index contributed by atoms with van der Waals surface area (Å²) in [6.07, 6.45) is 13.8. The summed E-state index contributed by atoms with van der Waals surface area (Å²) in [7, 11) is 0. The first-order valence-corrected chi connectivity index (χ1v) is 9.77. The SMILES string of the molecule is CCCCC(C=C1CC=CC=C1NCc1ccccc1)c1ccccc1. The minimum absolute atomic E-state index is 0.486. The first kappa shape index (κ1) is 18.3. The van der Waals surface area contributed by atoms with Gasteiger partial charge in [0, 0.05) is 18.2 Å². The molecule has 0 fully saturated rings. The van der Waals surface area contributed by atoms with Crippen molar-refractivity contribution >= 4 is 0 Å². The molecule has 0 saturated heterocycles. The van der Waals surface area contributed by atoms with E-state index in [1.807, 2.05) is 0 Å². The van der Waals surface area contributed by atoms with Gasteiger partial charge < -0.3 is 5.32 Å². The second-order valence-corrected chi connectivity index (χ2v) is 6.90. The van der Waals surface area contributed by atoms with Gasteiger partial charge in [0.05, 0.1) is 0 Å². The molecule has 0 spiro atoms. The van der Waals surface area contributed by atoms with Gasteiger partial charge in [0.15, 0.2) is 0 Å². The number of nitrogens with one attached hydrogen (secondary N) is 1. The molecule has 1 aliphatic carbocycles. The van der Waals surface area contributed by atoms with Crippen molar-refractivity contribution in [3.63, 3.8) is 0 Å². The van der Waals surface area contributed by atoms with Crippen LogP contribution in [0.4, 0.5) is 0 Å². The van der Waals surface area contributed by atoms with Gasteiger partial charge in [-0.1, -0.05) is 98.7 Å². The van der Waals surface area contributed by atoms with Gasteiger partial charge in [-0.05, 0) is 35.6 Å². The molecule has 134 valence electrons. The standard InChI is InChI=1S/C25H29N/c1-2-3-14-23(22-15-8-5-9-16-22)19-24-17-10-11-18-25(24)26-20-21-12-6-4-7-13-21/h4-13,15-16,18-19,23,26H,2-3,14,17,20H2,1H3. The first-order valence-electron chi connectivity index (χ1n) is 9.77. The maximum Gasteiger partial charge on any atom is 0.0400 e. The highest BCUT2D eigenvalue weighted by atomic mass is 14.9. The Balaban J connectivity index is 1.76. The Labute approximate surface area is 158 Å². The molecule has 1 N–H and O–H groups in total. The number of hydrogen-bond donors (Lipinski definition) is 1. The number of allylic oxidation sites excluding steroid dienone is 5. The Kier molecular flexibility index (Phi) is 6.89. The first-order chi connectivity index (χ1) is 12.9. The lowest BCUT2D eigenvalue weighted by Gasteiger charge is -2.20. The Hall–Kier alpha value is -2.54. The molecule has 0 amide bonds. The highest BCUT2D eigenvalue weighted by Gasteiger charge is 2.13. The Bertz CT molecular complexity index is 753. The van der Waals surface area contributed by atoms with Crippen LogP contribution in [0.2, 0.25) is 0 Å². The van der Waals surface area contributed by atoms with E-state index in [9.17, 15) is 0 Å². The second-order valence-electron chi connectivity index (χ2n) is 6.90. The summed E-state index contributed by atoms with van der Waals surface area (Å²) >= 11 is 0. The fourth-order valence-electron chi connectivity index (χ4n) is 3.41. The Morgan fingerprint density at radius 2 is 1.73 bits per heavy atom. The fraction of sp³-hybridized carbons (Fsp3) is 0.280. The van der Waals surface area contributed by atoms with Crippen LogP contribution in [0, 0.1) is 0 Å². The molecule has 0 aliphatic heterocycles. The van der Waals surface area contributed by atoms with Gasteiger partial charge in [0.1, 0.15) is 0 Å². The van der Waals surface area contributed by atoms with Crippen LogP contribution >= 0.6 is 0 Å². The van der Waals surface area contributed by atoms with E-state index >= 15 is 0 Å². The smallest absolute Gasteiger partial charge is 0.0400 e. The highest BCUT2D eigenvalue weighted by Crippen LogP contribution is 2.29. The van der Waals surface area contributed by atoms with Crippen molar-refractivity contribution in [1.29, 1.82) is 0 Å². The molecule has 1 atom stereocenters. The molecular formula is C25H29N. The van der Waals surface area contributed by atoms with Gasteiger partial charge in [-0.15, -0.1) is 0 Å². The van der Waals surface area contributed by atoms with E-state index < -0.39 is 0 Å². The average molecular weight is 344 g/mol. The van der Waals surface area contributed by atoms with Crippen LogP contribution in [-0.2, 0) is 6.54 Å². The molecule has 0 saturated carbocycles. The molecule has 0 heterocycles. The summed E-state index contributed by atoms with van der Waals surface area (Å²) in [5.41, 5.74) is 5.40. The van der Waals surface area contributed by atoms with Gasteiger partial charge in [-0.3, -0.25) is 0 Å². The molecule has 1 unspecified atom stereocenters. The van der Waals surface area contributed by atoms with E-state index in [1.165, 1.54) is 41.7 Å². The molecule has 3 rings (SSSR count). The summed E-state index contributed by atoms with van der Waals surface area (Å²) in [6.45, 7) is 3.13. The topological polar surface area (TPSA) is 12.0 Å². The van der Waals surface area contributed by atoms with Crippen molar-refractivity contribution in [2.24, 2.45) is 0 Å². The largest absolute Gasteiger partial charge is 0.381 e. The van der Waals surface area contributed by atoms with Gasteiger partial charge in [-0.25, -0.2) is 0 Å². The molecule has 0 aromatic heterocycles. The minimum Gasteiger partial charge on any atom is -0.381 e. The fourth-order valence-corrected chi connectivity index (χ4v) is 3.41. The molecule has 0 bridgehead atoms. The number of benzene rings is 2. The summed E-state index contributed by atoms with van der Waals surface area (Å²) in [4.78, 5) is 0. The number of unbranched alkanes of at least 4 members (excludes halogenated alkanes) is 1. The predicted octanol–water partition coefficient (Wildman–Crippen LogP) is 6.52. The Morgan fingerprint density at radius 1 is 1.00 bits per heavy atom. The molecule has 26 heavy (non-hydrogen) atoms. The van der Waals surface area contributed by atoms with Crippen LogP contribution in [-0.4, -0.2) is 0 Å². The molecular weight excluding hydrogens is 314 g/mol. The average Bonchev–Trinajstić information content (AvgIpc) is 2.71. The van der Waals surface area contributed by atoms with Gasteiger partial charge >= 0.3 is 0 Å².